The first-order valence-corrected chi connectivity index (χ1v) is 6.94. The number of para-hydroxylation sites is 1. The van der Waals surface area contributed by atoms with E-state index < -0.39 is 0 Å². The van der Waals surface area contributed by atoms with E-state index in [1.807, 2.05) is 24.3 Å². The molecule has 1 saturated carbocycles. The third-order valence-corrected chi connectivity index (χ3v) is 4.09. The minimum Gasteiger partial charge on any atom is -0.378 e. The maximum absolute atomic E-state index is 12.0. The van der Waals surface area contributed by atoms with E-state index >= 15 is 0 Å². The van der Waals surface area contributed by atoms with Crippen molar-refractivity contribution in [1.82, 2.24) is 0 Å². The van der Waals surface area contributed by atoms with E-state index in [0.29, 0.717) is 10.8 Å². The Balaban J connectivity index is 2.16. The number of ketones is 1. The highest BCUT2D eigenvalue weighted by atomic mass is 35.5. The number of nitrogens with one attached hydrogen (secondary N) is 1. The van der Waals surface area contributed by atoms with Gasteiger partial charge < -0.3 is 5.32 Å². The summed E-state index contributed by atoms with van der Waals surface area (Å²) in [5, 5.41) is 4.14. The molecule has 0 saturated heterocycles. The lowest BCUT2D eigenvalue weighted by atomic mass is 9.75. The molecule has 0 bridgehead atoms. The smallest absolute Gasteiger partial charge is 0.138 e. The standard InChI is InChI=1S/C15H20ClNO/c1-15(2,11-7-3-6-10-14(11)18)17-13-9-5-4-8-12(13)16/h4-5,8-9,11,17H,3,6-7,10H2,1-2H3. The maximum atomic E-state index is 12.0. The van der Waals surface area contributed by atoms with Crippen LogP contribution in [-0.2, 0) is 4.79 Å². The Morgan fingerprint density at radius 3 is 2.67 bits per heavy atom. The quantitative estimate of drug-likeness (QED) is 0.883. The molecular formula is C15H20ClNO. The van der Waals surface area contributed by atoms with Crippen LogP contribution in [0.2, 0.25) is 5.02 Å². The Kier molecular flexibility index (Phi) is 3.96. The van der Waals surface area contributed by atoms with Crippen molar-refractivity contribution in [1.29, 1.82) is 0 Å². The molecule has 98 valence electrons. The third-order valence-electron chi connectivity index (χ3n) is 3.76. The van der Waals surface area contributed by atoms with Crippen molar-refractivity contribution in [3.05, 3.63) is 29.3 Å². The van der Waals surface area contributed by atoms with Gasteiger partial charge in [-0.3, -0.25) is 4.79 Å². The molecule has 0 radical (unpaired) electrons. The number of rotatable bonds is 3. The highest BCUT2D eigenvalue weighted by Crippen LogP contribution is 2.34. The van der Waals surface area contributed by atoms with Gasteiger partial charge in [0.25, 0.3) is 0 Å². The van der Waals surface area contributed by atoms with Gasteiger partial charge in [-0.2, -0.15) is 0 Å². The van der Waals surface area contributed by atoms with E-state index in [-0.39, 0.29) is 11.5 Å². The topological polar surface area (TPSA) is 29.1 Å². The van der Waals surface area contributed by atoms with Crippen LogP contribution in [0.15, 0.2) is 24.3 Å². The van der Waals surface area contributed by atoms with Gasteiger partial charge in [-0.05, 0) is 38.8 Å². The van der Waals surface area contributed by atoms with E-state index in [1.165, 1.54) is 0 Å². The predicted molar refractivity (Wildman–Crippen MR) is 76.1 cm³/mol. The average Bonchev–Trinajstić information content (AvgIpc) is 2.32. The zero-order valence-corrected chi connectivity index (χ0v) is 11.8. The largest absolute Gasteiger partial charge is 0.378 e. The lowest BCUT2D eigenvalue weighted by molar-refractivity contribution is -0.126. The second-order valence-corrected chi connectivity index (χ2v) is 6.00. The fraction of sp³-hybridized carbons (Fsp3) is 0.533. The molecule has 0 heterocycles. The molecular weight excluding hydrogens is 246 g/mol. The number of halogens is 1. The molecule has 1 atom stereocenters. The minimum atomic E-state index is -0.248. The van der Waals surface area contributed by atoms with Crippen molar-refractivity contribution in [2.75, 3.05) is 5.32 Å². The summed E-state index contributed by atoms with van der Waals surface area (Å²) in [7, 11) is 0. The molecule has 1 N–H and O–H groups in total. The molecule has 0 amide bonds. The lowest BCUT2D eigenvalue weighted by Gasteiger charge is -2.37. The summed E-state index contributed by atoms with van der Waals surface area (Å²) < 4.78 is 0. The van der Waals surface area contributed by atoms with Crippen LogP contribution in [-0.4, -0.2) is 11.3 Å². The highest BCUT2D eigenvalue weighted by Gasteiger charge is 2.36. The number of Topliss-reactive ketones (excluding diaryl/α,β-unsaturated/α-hetero) is 1. The van der Waals surface area contributed by atoms with Crippen molar-refractivity contribution in [2.45, 2.75) is 45.1 Å². The number of benzene rings is 1. The van der Waals surface area contributed by atoms with E-state index in [2.05, 4.69) is 19.2 Å². The molecule has 0 aliphatic heterocycles. The first-order valence-electron chi connectivity index (χ1n) is 6.56. The highest BCUT2D eigenvalue weighted by molar-refractivity contribution is 6.33. The van der Waals surface area contributed by atoms with Gasteiger partial charge >= 0.3 is 0 Å². The molecule has 3 heteroatoms. The van der Waals surface area contributed by atoms with E-state index in [9.17, 15) is 4.79 Å². The van der Waals surface area contributed by atoms with Crippen LogP contribution in [0.1, 0.15) is 39.5 Å². The minimum absolute atomic E-state index is 0.0857. The van der Waals surface area contributed by atoms with Crippen LogP contribution in [0.4, 0.5) is 5.69 Å². The summed E-state index contributed by atoms with van der Waals surface area (Å²) in [4.78, 5) is 12.0. The van der Waals surface area contributed by atoms with Gasteiger partial charge in [-0.25, -0.2) is 0 Å². The molecule has 1 aromatic carbocycles. The Bertz CT molecular complexity index is 442. The van der Waals surface area contributed by atoms with E-state index in [4.69, 9.17) is 11.6 Å². The lowest BCUT2D eigenvalue weighted by Crippen LogP contribution is -2.45. The summed E-state index contributed by atoms with van der Waals surface area (Å²) >= 11 is 6.16. The average molecular weight is 266 g/mol. The van der Waals surface area contributed by atoms with Crippen LogP contribution in [0.25, 0.3) is 0 Å². The van der Waals surface area contributed by atoms with Gasteiger partial charge in [0.2, 0.25) is 0 Å². The number of anilines is 1. The van der Waals surface area contributed by atoms with Crippen molar-refractivity contribution in [3.8, 4) is 0 Å². The van der Waals surface area contributed by atoms with Crippen molar-refractivity contribution in [3.63, 3.8) is 0 Å². The SMILES string of the molecule is CC(C)(Nc1ccccc1Cl)C1CCCCC1=O. The van der Waals surface area contributed by atoms with Crippen molar-refractivity contribution < 1.29 is 4.79 Å². The third kappa shape index (κ3) is 2.86. The molecule has 0 spiro atoms. The Morgan fingerprint density at radius 2 is 2.00 bits per heavy atom. The predicted octanol–water partition coefficient (Wildman–Crippen LogP) is 4.29. The molecule has 18 heavy (non-hydrogen) atoms. The van der Waals surface area contributed by atoms with Gasteiger partial charge in [-0.15, -0.1) is 0 Å². The Morgan fingerprint density at radius 1 is 1.28 bits per heavy atom. The summed E-state index contributed by atoms with van der Waals surface area (Å²) in [6.07, 6.45) is 3.88. The number of hydrogen-bond acceptors (Lipinski definition) is 2. The number of carbonyl (C=O) groups is 1. The molecule has 2 rings (SSSR count). The molecule has 1 aromatic rings. The van der Waals surface area contributed by atoms with Crippen LogP contribution in [0, 0.1) is 5.92 Å². The summed E-state index contributed by atoms with van der Waals surface area (Å²) in [6, 6.07) is 7.68. The molecule has 1 fully saturated rings. The normalized spacial score (nSPS) is 20.8. The van der Waals surface area contributed by atoms with Crippen LogP contribution in [0.5, 0.6) is 0 Å². The van der Waals surface area contributed by atoms with Crippen LogP contribution >= 0.6 is 11.6 Å². The van der Waals surface area contributed by atoms with Gasteiger partial charge in [0, 0.05) is 17.9 Å². The zero-order chi connectivity index (χ0) is 13.2. The van der Waals surface area contributed by atoms with Crippen molar-refractivity contribution >= 4 is 23.1 Å². The zero-order valence-electron chi connectivity index (χ0n) is 11.0. The van der Waals surface area contributed by atoms with Gasteiger partial charge in [0.05, 0.1) is 10.7 Å². The summed E-state index contributed by atoms with van der Waals surface area (Å²) in [5.74, 6) is 0.466. The second-order valence-electron chi connectivity index (χ2n) is 5.59. The van der Waals surface area contributed by atoms with E-state index in [0.717, 1.165) is 31.4 Å². The van der Waals surface area contributed by atoms with Gasteiger partial charge in [0.15, 0.2) is 0 Å². The van der Waals surface area contributed by atoms with Crippen LogP contribution in [0.3, 0.4) is 0 Å². The number of hydrogen-bond donors (Lipinski definition) is 1. The summed E-state index contributed by atoms with van der Waals surface area (Å²) in [6.45, 7) is 4.18. The molecule has 1 aliphatic carbocycles. The maximum Gasteiger partial charge on any atom is 0.138 e. The molecule has 1 aliphatic rings. The fourth-order valence-electron chi connectivity index (χ4n) is 2.74. The Labute approximate surface area is 114 Å². The van der Waals surface area contributed by atoms with Gasteiger partial charge in [-0.1, -0.05) is 30.2 Å². The van der Waals surface area contributed by atoms with Gasteiger partial charge in [0.1, 0.15) is 5.78 Å². The van der Waals surface area contributed by atoms with E-state index in [1.54, 1.807) is 0 Å². The van der Waals surface area contributed by atoms with Crippen LogP contribution < -0.4 is 5.32 Å². The monoisotopic (exact) mass is 265 g/mol. The summed E-state index contributed by atoms with van der Waals surface area (Å²) in [5.41, 5.74) is 0.658. The first-order chi connectivity index (χ1) is 8.50. The first kappa shape index (κ1) is 13.4. The molecule has 2 nitrogen and oxygen atoms in total. The second kappa shape index (κ2) is 5.31. The fourth-order valence-corrected chi connectivity index (χ4v) is 2.93. The molecule has 0 aromatic heterocycles. The number of carbonyl (C=O) groups excluding carboxylic acids is 1. The van der Waals surface area contributed by atoms with Crippen molar-refractivity contribution in [2.24, 2.45) is 5.92 Å². The molecule has 1 unspecified atom stereocenters. The Hall–Kier alpha value is -1.02.